The van der Waals surface area contributed by atoms with Crippen LogP contribution in [0.15, 0.2) is 30.3 Å². The molecule has 0 aromatic heterocycles. The molecule has 1 aromatic carbocycles. The summed E-state index contributed by atoms with van der Waals surface area (Å²) < 4.78 is 0. The summed E-state index contributed by atoms with van der Waals surface area (Å²) in [4.78, 5) is 14.1. The Morgan fingerprint density at radius 1 is 1.32 bits per heavy atom. The Hall–Kier alpha value is -1.55. The second-order valence-electron chi connectivity index (χ2n) is 5.03. The zero-order chi connectivity index (χ0) is 13.5. The average molecular weight is 261 g/mol. The van der Waals surface area contributed by atoms with Crippen molar-refractivity contribution in [2.75, 3.05) is 31.5 Å². The largest absolute Gasteiger partial charge is 0.325 e. The molecular weight excluding hydrogens is 238 g/mol. The van der Waals surface area contributed by atoms with E-state index in [1.54, 1.807) is 0 Å². The molecule has 104 valence electrons. The lowest BCUT2D eigenvalue weighted by molar-refractivity contribution is 0.196. The molecule has 0 unspecified atom stereocenters. The molecule has 4 nitrogen and oxygen atoms in total. The highest BCUT2D eigenvalue weighted by molar-refractivity contribution is 5.89. The molecule has 2 N–H and O–H groups in total. The quantitative estimate of drug-likeness (QED) is 0.875. The van der Waals surface area contributed by atoms with E-state index in [0.717, 1.165) is 44.7 Å². The first-order chi connectivity index (χ1) is 9.29. The molecule has 1 heterocycles. The van der Waals surface area contributed by atoms with E-state index in [1.165, 1.54) is 0 Å². The smallest absolute Gasteiger partial charge is 0.321 e. The van der Waals surface area contributed by atoms with Gasteiger partial charge in [0.25, 0.3) is 0 Å². The van der Waals surface area contributed by atoms with Gasteiger partial charge in [0.1, 0.15) is 0 Å². The summed E-state index contributed by atoms with van der Waals surface area (Å²) in [5, 5.41) is 6.31. The van der Waals surface area contributed by atoms with Crippen LogP contribution in [0, 0.1) is 5.92 Å². The summed E-state index contributed by atoms with van der Waals surface area (Å²) in [5.41, 5.74) is 0.858. The molecule has 1 saturated heterocycles. The molecule has 0 radical (unpaired) electrons. The number of nitrogens with one attached hydrogen (secondary N) is 2. The predicted octanol–water partition coefficient (Wildman–Crippen LogP) is 2.54. The summed E-state index contributed by atoms with van der Waals surface area (Å²) in [6.45, 7) is 5.79. The van der Waals surface area contributed by atoms with Crippen molar-refractivity contribution in [2.24, 2.45) is 5.92 Å². The van der Waals surface area contributed by atoms with E-state index in [2.05, 4.69) is 10.6 Å². The molecule has 1 aliphatic heterocycles. The molecule has 2 amide bonds. The van der Waals surface area contributed by atoms with Crippen LogP contribution in [0.3, 0.4) is 0 Å². The minimum Gasteiger partial charge on any atom is -0.325 e. The number of anilines is 1. The van der Waals surface area contributed by atoms with Crippen molar-refractivity contribution in [3.63, 3.8) is 0 Å². The van der Waals surface area contributed by atoms with Crippen molar-refractivity contribution in [2.45, 2.75) is 19.8 Å². The normalized spacial score (nSPS) is 16.1. The lowest BCUT2D eigenvalue weighted by Gasteiger charge is -2.29. The number of carbonyl (C=O) groups is 1. The number of piperidine rings is 1. The van der Waals surface area contributed by atoms with E-state index >= 15 is 0 Å². The minimum atomic E-state index is 0.00670. The van der Waals surface area contributed by atoms with Crippen LogP contribution in [-0.4, -0.2) is 37.1 Å². The second kappa shape index (κ2) is 7.14. The first-order valence-electron chi connectivity index (χ1n) is 7.11. The fourth-order valence-electron chi connectivity index (χ4n) is 2.46. The Bertz CT molecular complexity index is 388. The van der Waals surface area contributed by atoms with E-state index in [-0.39, 0.29) is 6.03 Å². The molecule has 0 bridgehead atoms. The summed E-state index contributed by atoms with van der Waals surface area (Å²) in [6.07, 6.45) is 2.32. The van der Waals surface area contributed by atoms with Crippen LogP contribution >= 0.6 is 0 Å². The summed E-state index contributed by atoms with van der Waals surface area (Å²) in [7, 11) is 0. The molecule has 0 atom stereocenters. The standard InChI is InChI=1S/C15H23N3O/c1-2-18(12-13-8-10-16-11-9-13)15(19)17-14-6-4-3-5-7-14/h3-7,13,16H,2,8-12H2,1H3,(H,17,19). The summed E-state index contributed by atoms with van der Waals surface area (Å²) in [5.74, 6) is 0.628. The Morgan fingerprint density at radius 2 is 2.00 bits per heavy atom. The first kappa shape index (κ1) is 13.9. The lowest BCUT2D eigenvalue weighted by Crippen LogP contribution is -2.41. The highest BCUT2D eigenvalue weighted by atomic mass is 16.2. The van der Waals surface area contributed by atoms with Crippen molar-refractivity contribution >= 4 is 11.7 Å². The van der Waals surface area contributed by atoms with Gasteiger partial charge in [-0.25, -0.2) is 4.79 Å². The number of nitrogens with zero attached hydrogens (tertiary/aromatic N) is 1. The van der Waals surface area contributed by atoms with Crippen LogP contribution in [0.4, 0.5) is 10.5 Å². The number of amides is 2. The Kier molecular flexibility index (Phi) is 5.21. The third-order valence-electron chi connectivity index (χ3n) is 3.63. The molecule has 19 heavy (non-hydrogen) atoms. The molecule has 0 saturated carbocycles. The number of carbonyl (C=O) groups excluding carboxylic acids is 1. The second-order valence-corrected chi connectivity index (χ2v) is 5.03. The van der Waals surface area contributed by atoms with E-state index in [9.17, 15) is 4.79 Å². The molecule has 0 aliphatic carbocycles. The van der Waals surface area contributed by atoms with Crippen molar-refractivity contribution in [3.05, 3.63) is 30.3 Å². The van der Waals surface area contributed by atoms with E-state index in [4.69, 9.17) is 0 Å². The van der Waals surface area contributed by atoms with Crippen molar-refractivity contribution in [3.8, 4) is 0 Å². The number of hydrogen-bond donors (Lipinski definition) is 2. The van der Waals surface area contributed by atoms with Gasteiger partial charge >= 0.3 is 6.03 Å². The maximum Gasteiger partial charge on any atom is 0.321 e. The van der Waals surface area contributed by atoms with Crippen LogP contribution in [0.25, 0.3) is 0 Å². The van der Waals surface area contributed by atoms with Crippen LogP contribution in [-0.2, 0) is 0 Å². The maximum atomic E-state index is 12.2. The van der Waals surface area contributed by atoms with Gasteiger partial charge in [-0.2, -0.15) is 0 Å². The van der Waals surface area contributed by atoms with Crippen LogP contribution < -0.4 is 10.6 Å². The molecule has 0 spiro atoms. The van der Waals surface area contributed by atoms with Gasteiger partial charge in [0.05, 0.1) is 0 Å². The van der Waals surface area contributed by atoms with Crippen LogP contribution in [0.5, 0.6) is 0 Å². The fourth-order valence-corrected chi connectivity index (χ4v) is 2.46. The van der Waals surface area contributed by atoms with Gasteiger partial charge in [-0.3, -0.25) is 0 Å². The Balaban J connectivity index is 1.87. The Morgan fingerprint density at radius 3 is 2.63 bits per heavy atom. The SMILES string of the molecule is CCN(CC1CCNCC1)C(=O)Nc1ccccc1. The molecule has 2 rings (SSSR count). The predicted molar refractivity (Wildman–Crippen MR) is 78.3 cm³/mol. The maximum absolute atomic E-state index is 12.2. The molecule has 1 fully saturated rings. The third kappa shape index (κ3) is 4.24. The number of para-hydroxylation sites is 1. The summed E-state index contributed by atoms with van der Waals surface area (Å²) >= 11 is 0. The van der Waals surface area contributed by atoms with Crippen LogP contribution in [0.1, 0.15) is 19.8 Å². The highest BCUT2D eigenvalue weighted by Crippen LogP contribution is 2.14. The van der Waals surface area contributed by atoms with Crippen LogP contribution in [0.2, 0.25) is 0 Å². The van der Waals surface area contributed by atoms with E-state index in [0.29, 0.717) is 5.92 Å². The first-order valence-corrected chi connectivity index (χ1v) is 7.11. The molecule has 4 heteroatoms. The number of hydrogen-bond acceptors (Lipinski definition) is 2. The monoisotopic (exact) mass is 261 g/mol. The van der Waals surface area contributed by atoms with Gasteiger partial charge < -0.3 is 15.5 Å². The summed E-state index contributed by atoms with van der Waals surface area (Å²) in [6, 6.07) is 9.64. The van der Waals surface area contributed by atoms with E-state index < -0.39 is 0 Å². The number of benzene rings is 1. The van der Waals surface area contributed by atoms with Gasteiger partial charge in [-0.15, -0.1) is 0 Å². The van der Waals surface area contributed by atoms with Crippen molar-refractivity contribution in [1.82, 2.24) is 10.2 Å². The van der Waals surface area contributed by atoms with Gasteiger partial charge in [-0.1, -0.05) is 18.2 Å². The zero-order valence-corrected chi connectivity index (χ0v) is 11.6. The molecule has 1 aliphatic rings. The fraction of sp³-hybridized carbons (Fsp3) is 0.533. The Labute approximate surface area is 115 Å². The van der Waals surface area contributed by atoms with Gasteiger partial charge in [0, 0.05) is 18.8 Å². The minimum absolute atomic E-state index is 0.00670. The topological polar surface area (TPSA) is 44.4 Å². The third-order valence-corrected chi connectivity index (χ3v) is 3.63. The van der Waals surface area contributed by atoms with Gasteiger partial charge in [-0.05, 0) is 50.9 Å². The average Bonchev–Trinajstić information content (AvgIpc) is 2.47. The number of urea groups is 1. The zero-order valence-electron chi connectivity index (χ0n) is 11.6. The van der Waals surface area contributed by atoms with Gasteiger partial charge in [0.2, 0.25) is 0 Å². The van der Waals surface area contributed by atoms with Gasteiger partial charge in [0.15, 0.2) is 0 Å². The highest BCUT2D eigenvalue weighted by Gasteiger charge is 2.19. The number of rotatable bonds is 4. The lowest BCUT2D eigenvalue weighted by atomic mass is 9.98. The van der Waals surface area contributed by atoms with Crippen molar-refractivity contribution in [1.29, 1.82) is 0 Å². The molecule has 1 aromatic rings. The molecular formula is C15H23N3O. The van der Waals surface area contributed by atoms with Crippen molar-refractivity contribution < 1.29 is 4.79 Å². The van der Waals surface area contributed by atoms with E-state index in [1.807, 2.05) is 42.2 Å².